The van der Waals surface area contributed by atoms with E-state index in [0.717, 1.165) is 23.0 Å². The highest BCUT2D eigenvalue weighted by Crippen LogP contribution is 2.25. The molecule has 10 heteroatoms. The summed E-state index contributed by atoms with van der Waals surface area (Å²) in [6.45, 7) is 2.83. The molecule has 1 fully saturated rings. The van der Waals surface area contributed by atoms with Gasteiger partial charge in [-0.15, -0.1) is 11.3 Å². The Balaban J connectivity index is 1.76. The van der Waals surface area contributed by atoms with Crippen LogP contribution in [0.25, 0.3) is 16.0 Å². The lowest BCUT2D eigenvalue weighted by Gasteiger charge is -2.13. The van der Waals surface area contributed by atoms with Gasteiger partial charge in [0, 0.05) is 13.2 Å². The number of nitrogens with zero attached hydrogens (tertiary/aromatic N) is 3. The van der Waals surface area contributed by atoms with Gasteiger partial charge < -0.3 is 10.1 Å². The maximum Gasteiger partial charge on any atom is 0.337 e. The van der Waals surface area contributed by atoms with Crippen molar-refractivity contribution in [1.82, 2.24) is 19.4 Å². The maximum absolute atomic E-state index is 13.3. The van der Waals surface area contributed by atoms with Crippen LogP contribution in [0.15, 0.2) is 38.2 Å². The van der Waals surface area contributed by atoms with Crippen LogP contribution in [-0.4, -0.2) is 45.5 Å². The van der Waals surface area contributed by atoms with Crippen molar-refractivity contribution in [3.8, 4) is 5.69 Å². The summed E-state index contributed by atoms with van der Waals surface area (Å²) in [7, 11) is 0. The van der Waals surface area contributed by atoms with Crippen LogP contribution in [0.4, 0.5) is 0 Å². The molecule has 1 unspecified atom stereocenters. The number of thioether (sulfide) groups is 1. The van der Waals surface area contributed by atoms with Crippen LogP contribution in [0.5, 0.6) is 0 Å². The molecule has 30 heavy (non-hydrogen) atoms. The number of amides is 1. The van der Waals surface area contributed by atoms with Crippen LogP contribution in [0, 0.1) is 6.92 Å². The van der Waals surface area contributed by atoms with Crippen LogP contribution in [0.1, 0.15) is 18.4 Å². The molecule has 1 amide bonds. The van der Waals surface area contributed by atoms with Gasteiger partial charge in [-0.05, 0) is 38.2 Å². The highest BCUT2D eigenvalue weighted by atomic mass is 32.2. The lowest BCUT2D eigenvalue weighted by atomic mass is 10.2. The Bertz CT molecular complexity index is 1190. The van der Waals surface area contributed by atoms with Crippen LogP contribution in [-0.2, 0) is 16.1 Å². The first-order chi connectivity index (χ1) is 14.5. The molecule has 0 aliphatic carbocycles. The van der Waals surface area contributed by atoms with Crippen molar-refractivity contribution < 1.29 is 9.53 Å². The average molecular weight is 447 g/mol. The predicted molar refractivity (Wildman–Crippen MR) is 118 cm³/mol. The van der Waals surface area contributed by atoms with Gasteiger partial charge in [0.05, 0.1) is 11.8 Å². The standard InChI is InChI=1S/C20H22N4O4S2/c1-12-5-7-13(8-6-12)24-18(26)16-17(22-19(29-2)30-16)23(20(24)27)11-15(25)21-10-14-4-3-9-28-14/h5-8,14H,3-4,9-11H2,1-2H3,(H,21,25). The van der Waals surface area contributed by atoms with E-state index in [4.69, 9.17) is 4.74 Å². The van der Waals surface area contributed by atoms with E-state index < -0.39 is 11.2 Å². The van der Waals surface area contributed by atoms with Crippen molar-refractivity contribution >= 4 is 39.4 Å². The maximum atomic E-state index is 13.3. The van der Waals surface area contributed by atoms with Crippen LogP contribution in [0.2, 0.25) is 0 Å². The van der Waals surface area contributed by atoms with E-state index in [9.17, 15) is 14.4 Å². The number of ether oxygens (including phenoxy) is 1. The first-order valence-corrected chi connectivity index (χ1v) is 11.7. The zero-order valence-electron chi connectivity index (χ0n) is 16.7. The molecule has 158 valence electrons. The molecule has 1 aromatic carbocycles. The number of nitrogens with one attached hydrogen (secondary N) is 1. The molecule has 3 heterocycles. The molecule has 0 spiro atoms. The molecule has 3 aromatic rings. The molecule has 8 nitrogen and oxygen atoms in total. The first-order valence-electron chi connectivity index (χ1n) is 9.63. The summed E-state index contributed by atoms with van der Waals surface area (Å²) in [5.74, 6) is -0.318. The van der Waals surface area contributed by atoms with Gasteiger partial charge in [-0.2, -0.15) is 0 Å². The number of carbonyl (C=O) groups excluding carboxylic acids is 1. The van der Waals surface area contributed by atoms with Crippen molar-refractivity contribution in [2.75, 3.05) is 19.4 Å². The molecule has 1 N–H and O–H groups in total. The largest absolute Gasteiger partial charge is 0.376 e. The number of hydrogen-bond donors (Lipinski definition) is 1. The second-order valence-corrected chi connectivity index (χ2v) is 9.17. The van der Waals surface area contributed by atoms with Crippen molar-refractivity contribution in [1.29, 1.82) is 0 Å². The molecule has 2 aromatic heterocycles. The molecule has 0 saturated carbocycles. The molecular weight excluding hydrogens is 424 g/mol. The summed E-state index contributed by atoms with van der Waals surface area (Å²) in [5.41, 5.74) is 0.721. The van der Waals surface area contributed by atoms with Gasteiger partial charge in [-0.1, -0.05) is 29.5 Å². The topological polar surface area (TPSA) is 95.2 Å². The quantitative estimate of drug-likeness (QED) is 0.582. The van der Waals surface area contributed by atoms with E-state index in [1.807, 2.05) is 25.3 Å². The monoisotopic (exact) mass is 446 g/mol. The number of rotatable bonds is 6. The third kappa shape index (κ3) is 4.07. The zero-order valence-corrected chi connectivity index (χ0v) is 18.3. The summed E-state index contributed by atoms with van der Waals surface area (Å²) in [4.78, 5) is 43.4. The number of hydrogen-bond acceptors (Lipinski definition) is 7. The van der Waals surface area contributed by atoms with Crippen LogP contribution >= 0.6 is 23.1 Å². The zero-order chi connectivity index (χ0) is 21.3. The Labute approximate surface area is 180 Å². The lowest BCUT2D eigenvalue weighted by Crippen LogP contribution is -2.42. The lowest BCUT2D eigenvalue weighted by molar-refractivity contribution is -0.122. The SMILES string of the molecule is CSc1nc2c(s1)c(=O)n(-c1ccc(C)cc1)c(=O)n2CC(=O)NCC1CCCO1. The fourth-order valence-electron chi connectivity index (χ4n) is 3.40. The third-order valence-corrected chi connectivity index (χ3v) is 7.00. The Morgan fingerprint density at radius 2 is 2.10 bits per heavy atom. The van der Waals surface area contributed by atoms with Gasteiger partial charge in [-0.25, -0.2) is 14.3 Å². The second-order valence-electron chi connectivity index (χ2n) is 7.12. The Morgan fingerprint density at radius 3 is 2.77 bits per heavy atom. The number of benzene rings is 1. The summed E-state index contributed by atoms with van der Waals surface area (Å²) in [6, 6.07) is 7.12. The van der Waals surface area contributed by atoms with E-state index >= 15 is 0 Å². The minimum absolute atomic E-state index is 0.00886. The van der Waals surface area contributed by atoms with E-state index in [1.165, 1.54) is 27.7 Å². The van der Waals surface area contributed by atoms with E-state index in [-0.39, 0.29) is 24.2 Å². The minimum Gasteiger partial charge on any atom is -0.376 e. The fraction of sp³-hybridized carbons (Fsp3) is 0.400. The smallest absolute Gasteiger partial charge is 0.337 e. The van der Waals surface area contributed by atoms with Crippen molar-refractivity contribution in [2.24, 2.45) is 0 Å². The third-order valence-electron chi connectivity index (χ3n) is 4.98. The fourth-order valence-corrected chi connectivity index (χ4v) is 4.89. The number of aryl methyl sites for hydroxylation is 1. The molecule has 4 rings (SSSR count). The summed E-state index contributed by atoms with van der Waals surface area (Å²) >= 11 is 2.62. The number of fused-ring (bicyclic) bond motifs is 1. The van der Waals surface area contributed by atoms with Gasteiger partial charge in [0.25, 0.3) is 5.56 Å². The van der Waals surface area contributed by atoms with Crippen LogP contribution in [0.3, 0.4) is 0 Å². The molecular formula is C20H22N4O4S2. The normalized spacial score (nSPS) is 16.3. The summed E-state index contributed by atoms with van der Waals surface area (Å²) in [6.07, 6.45) is 3.76. The van der Waals surface area contributed by atoms with Crippen molar-refractivity contribution in [3.05, 3.63) is 50.7 Å². The van der Waals surface area contributed by atoms with Gasteiger partial charge >= 0.3 is 5.69 Å². The van der Waals surface area contributed by atoms with E-state index in [1.54, 1.807) is 12.1 Å². The average Bonchev–Trinajstić information content (AvgIpc) is 3.41. The summed E-state index contributed by atoms with van der Waals surface area (Å²) in [5, 5.41) is 2.83. The first kappa shape index (κ1) is 20.8. The number of aromatic nitrogens is 3. The molecule has 1 atom stereocenters. The Kier molecular flexibility index (Phi) is 6.07. The molecule has 0 bridgehead atoms. The Hall–Kier alpha value is -2.43. The van der Waals surface area contributed by atoms with E-state index in [2.05, 4.69) is 10.3 Å². The Morgan fingerprint density at radius 1 is 1.33 bits per heavy atom. The van der Waals surface area contributed by atoms with Crippen molar-refractivity contribution in [2.45, 2.75) is 36.8 Å². The minimum atomic E-state index is -0.582. The second kappa shape index (κ2) is 8.75. The van der Waals surface area contributed by atoms with Gasteiger partial charge in [0.15, 0.2) is 9.99 Å². The highest BCUT2D eigenvalue weighted by Gasteiger charge is 2.21. The van der Waals surface area contributed by atoms with Gasteiger partial charge in [0.1, 0.15) is 11.2 Å². The number of carbonyl (C=O) groups is 1. The summed E-state index contributed by atoms with van der Waals surface area (Å²) < 4.78 is 8.93. The predicted octanol–water partition coefficient (Wildman–Crippen LogP) is 1.93. The van der Waals surface area contributed by atoms with Gasteiger partial charge in [0.2, 0.25) is 5.91 Å². The molecule has 1 aliphatic heterocycles. The number of thiazole rings is 1. The van der Waals surface area contributed by atoms with E-state index in [0.29, 0.717) is 27.9 Å². The van der Waals surface area contributed by atoms with Gasteiger partial charge in [-0.3, -0.25) is 14.2 Å². The van der Waals surface area contributed by atoms with Crippen molar-refractivity contribution in [3.63, 3.8) is 0 Å². The molecule has 0 radical (unpaired) electrons. The highest BCUT2D eigenvalue weighted by molar-refractivity contribution is 8.00. The molecule has 1 aliphatic rings. The molecule has 1 saturated heterocycles. The van der Waals surface area contributed by atoms with Crippen LogP contribution < -0.4 is 16.6 Å².